The fourth-order valence-electron chi connectivity index (χ4n) is 7.02. The average molecular weight is 642 g/mol. The number of aromatic nitrogens is 3. The van der Waals surface area contributed by atoms with Crippen LogP contribution in [-0.2, 0) is 0 Å². The number of fused-ring (bicyclic) bond motifs is 6. The predicted octanol–water partition coefficient (Wildman–Crippen LogP) is 12.0. The van der Waals surface area contributed by atoms with Crippen LogP contribution in [0.5, 0.6) is 0 Å². The lowest BCUT2D eigenvalue weighted by atomic mass is 9.95. The third kappa shape index (κ3) is 4.67. The molecule has 0 atom stereocenters. The van der Waals surface area contributed by atoms with Gasteiger partial charge >= 0.3 is 0 Å². The second-order valence-electron chi connectivity index (χ2n) is 12.4. The van der Waals surface area contributed by atoms with Gasteiger partial charge in [-0.05, 0) is 76.9 Å². The van der Waals surface area contributed by atoms with Crippen molar-refractivity contribution in [2.75, 3.05) is 0 Å². The van der Waals surface area contributed by atoms with E-state index in [9.17, 15) is 0 Å². The molecule has 0 amide bonds. The van der Waals surface area contributed by atoms with Crippen molar-refractivity contribution >= 4 is 43.9 Å². The maximum absolute atomic E-state index is 6.73. The summed E-state index contributed by atoms with van der Waals surface area (Å²) in [6, 6.07) is 51.9. The molecule has 0 aliphatic heterocycles. The van der Waals surface area contributed by atoms with Crippen LogP contribution < -0.4 is 0 Å². The van der Waals surface area contributed by atoms with Gasteiger partial charge in [-0.3, -0.25) is 4.98 Å². The molecule has 50 heavy (non-hydrogen) atoms. The van der Waals surface area contributed by atoms with Crippen LogP contribution in [0.1, 0.15) is 0 Å². The molecule has 0 radical (unpaired) electrons. The predicted molar refractivity (Wildman–Crippen MR) is 202 cm³/mol. The molecule has 0 aliphatic carbocycles. The first-order chi connectivity index (χ1) is 24.8. The van der Waals surface area contributed by atoms with Crippen LogP contribution in [0, 0.1) is 0 Å². The second-order valence-corrected chi connectivity index (χ2v) is 12.4. The standard InChI is InChI=1S/C45H27N3O2/c1-2-9-29(10-3-1)38-27-39(48-45(47-38)32-12-8-11-30(25-32)28-21-23-46-24-22-28)35-19-18-33(43-36-14-5-7-16-41(36)50-44(35)43)31-17-20-42-37(26-31)34-13-4-6-15-40(34)49-42/h1-27H. The lowest BCUT2D eigenvalue weighted by molar-refractivity contribution is 0.669. The molecule has 5 nitrogen and oxygen atoms in total. The van der Waals surface area contributed by atoms with E-state index in [2.05, 4.69) is 102 Å². The highest BCUT2D eigenvalue weighted by Gasteiger charge is 2.20. The Hall–Kier alpha value is -6.85. The molecule has 0 aliphatic rings. The van der Waals surface area contributed by atoms with Crippen LogP contribution >= 0.6 is 0 Å². The molecule has 0 spiro atoms. The summed E-state index contributed by atoms with van der Waals surface area (Å²) in [7, 11) is 0. The van der Waals surface area contributed by atoms with Crippen molar-refractivity contribution in [3.8, 4) is 56.2 Å². The van der Waals surface area contributed by atoms with Crippen LogP contribution in [0.2, 0.25) is 0 Å². The number of hydrogen-bond donors (Lipinski definition) is 0. The normalized spacial score (nSPS) is 11.6. The molecule has 4 heterocycles. The van der Waals surface area contributed by atoms with Gasteiger partial charge in [0, 0.05) is 50.6 Å². The third-order valence-electron chi connectivity index (χ3n) is 9.42. The number of hydrogen-bond acceptors (Lipinski definition) is 5. The Morgan fingerprint density at radius 2 is 1.06 bits per heavy atom. The quantitative estimate of drug-likeness (QED) is 0.187. The molecule has 0 N–H and O–H groups in total. The summed E-state index contributed by atoms with van der Waals surface area (Å²) in [4.78, 5) is 14.5. The highest BCUT2D eigenvalue weighted by molar-refractivity contribution is 6.17. The van der Waals surface area contributed by atoms with Gasteiger partial charge in [-0.25, -0.2) is 9.97 Å². The Morgan fingerprint density at radius 3 is 1.92 bits per heavy atom. The van der Waals surface area contributed by atoms with Crippen LogP contribution in [0.4, 0.5) is 0 Å². The van der Waals surface area contributed by atoms with Gasteiger partial charge in [0.05, 0.1) is 11.4 Å². The van der Waals surface area contributed by atoms with E-state index in [-0.39, 0.29) is 0 Å². The third-order valence-corrected chi connectivity index (χ3v) is 9.42. The molecule has 5 heteroatoms. The van der Waals surface area contributed by atoms with E-state index < -0.39 is 0 Å². The lowest BCUT2D eigenvalue weighted by Gasteiger charge is -2.12. The van der Waals surface area contributed by atoms with Gasteiger partial charge in [0.15, 0.2) is 5.82 Å². The first kappa shape index (κ1) is 28.2. The monoisotopic (exact) mass is 641 g/mol. The highest BCUT2D eigenvalue weighted by Crippen LogP contribution is 2.43. The minimum Gasteiger partial charge on any atom is -0.456 e. The van der Waals surface area contributed by atoms with Gasteiger partial charge in [-0.2, -0.15) is 0 Å². The van der Waals surface area contributed by atoms with Gasteiger partial charge in [0.1, 0.15) is 22.3 Å². The van der Waals surface area contributed by atoms with E-state index in [0.717, 1.165) is 94.2 Å². The van der Waals surface area contributed by atoms with Crippen molar-refractivity contribution in [1.29, 1.82) is 0 Å². The number of para-hydroxylation sites is 2. The van der Waals surface area contributed by atoms with Crippen molar-refractivity contribution in [3.05, 3.63) is 164 Å². The average Bonchev–Trinajstić information content (AvgIpc) is 3.77. The second kappa shape index (κ2) is 11.4. The van der Waals surface area contributed by atoms with Crippen LogP contribution in [0.3, 0.4) is 0 Å². The first-order valence-electron chi connectivity index (χ1n) is 16.6. The van der Waals surface area contributed by atoms with E-state index in [1.165, 1.54) is 0 Å². The summed E-state index contributed by atoms with van der Waals surface area (Å²) >= 11 is 0. The Labute approximate surface area is 287 Å². The summed E-state index contributed by atoms with van der Waals surface area (Å²) in [6.45, 7) is 0. The van der Waals surface area contributed by atoms with Gasteiger partial charge in [-0.1, -0.05) is 97.1 Å². The first-order valence-corrected chi connectivity index (χ1v) is 16.6. The largest absolute Gasteiger partial charge is 0.456 e. The minimum atomic E-state index is 0.642. The molecule has 6 aromatic carbocycles. The Bertz CT molecular complexity index is 2870. The lowest BCUT2D eigenvalue weighted by Crippen LogP contribution is -1.96. The molecule has 0 saturated carbocycles. The topological polar surface area (TPSA) is 65.0 Å². The van der Waals surface area contributed by atoms with E-state index in [4.69, 9.17) is 18.8 Å². The van der Waals surface area contributed by atoms with E-state index in [1.54, 1.807) is 0 Å². The van der Waals surface area contributed by atoms with Crippen molar-refractivity contribution in [3.63, 3.8) is 0 Å². The van der Waals surface area contributed by atoms with E-state index >= 15 is 0 Å². The highest BCUT2D eigenvalue weighted by atomic mass is 16.3. The Kier molecular flexibility index (Phi) is 6.42. The van der Waals surface area contributed by atoms with Crippen molar-refractivity contribution in [2.24, 2.45) is 0 Å². The van der Waals surface area contributed by atoms with Crippen LogP contribution in [0.25, 0.3) is 100 Å². The van der Waals surface area contributed by atoms with Crippen molar-refractivity contribution in [1.82, 2.24) is 15.0 Å². The molecule has 10 rings (SSSR count). The minimum absolute atomic E-state index is 0.642. The molecule has 0 bridgehead atoms. The van der Waals surface area contributed by atoms with E-state index in [0.29, 0.717) is 5.82 Å². The maximum atomic E-state index is 6.73. The maximum Gasteiger partial charge on any atom is 0.160 e. The molecule has 0 unspecified atom stereocenters. The molecular weight excluding hydrogens is 615 g/mol. The molecule has 0 fully saturated rings. The van der Waals surface area contributed by atoms with Crippen LogP contribution in [-0.4, -0.2) is 15.0 Å². The number of nitrogens with zero attached hydrogens (tertiary/aromatic N) is 3. The van der Waals surface area contributed by atoms with Gasteiger partial charge in [0.2, 0.25) is 0 Å². The zero-order valence-corrected chi connectivity index (χ0v) is 26.7. The zero-order valence-electron chi connectivity index (χ0n) is 26.7. The van der Waals surface area contributed by atoms with Gasteiger partial charge in [0.25, 0.3) is 0 Å². The summed E-state index contributed by atoms with van der Waals surface area (Å²) in [5, 5.41) is 4.29. The number of furan rings is 2. The number of rotatable bonds is 5. The summed E-state index contributed by atoms with van der Waals surface area (Å²) < 4.78 is 12.9. The molecule has 10 aromatic rings. The molecule has 234 valence electrons. The molecule has 4 aromatic heterocycles. The van der Waals surface area contributed by atoms with Gasteiger partial charge < -0.3 is 8.83 Å². The smallest absolute Gasteiger partial charge is 0.160 e. The fourth-order valence-corrected chi connectivity index (χ4v) is 7.02. The summed E-state index contributed by atoms with van der Waals surface area (Å²) in [5.41, 5.74) is 12.2. The van der Waals surface area contributed by atoms with Crippen molar-refractivity contribution in [2.45, 2.75) is 0 Å². The van der Waals surface area contributed by atoms with Crippen LogP contribution in [0.15, 0.2) is 173 Å². The number of pyridine rings is 1. The Morgan fingerprint density at radius 1 is 0.380 bits per heavy atom. The zero-order chi connectivity index (χ0) is 33.0. The summed E-state index contributed by atoms with van der Waals surface area (Å²) in [6.07, 6.45) is 3.62. The molecule has 0 saturated heterocycles. The van der Waals surface area contributed by atoms with Crippen molar-refractivity contribution < 1.29 is 8.83 Å². The molecular formula is C45H27N3O2. The van der Waals surface area contributed by atoms with Gasteiger partial charge in [-0.15, -0.1) is 0 Å². The number of benzene rings is 6. The fraction of sp³-hybridized carbons (Fsp3) is 0. The van der Waals surface area contributed by atoms with E-state index in [1.807, 2.05) is 67.0 Å². The summed E-state index contributed by atoms with van der Waals surface area (Å²) in [5.74, 6) is 0.642. The Balaban J connectivity index is 1.20. The SMILES string of the molecule is c1ccc(-c2cc(-c3ccc(-c4ccc5oc6ccccc6c5c4)c4c3oc3ccccc34)nc(-c3cccc(-c4ccncc4)c3)n2)cc1.